The lowest BCUT2D eigenvalue weighted by Gasteiger charge is -2.38. The number of aromatic nitrogens is 2. The highest BCUT2D eigenvalue weighted by atomic mass is 32.2. The molecule has 0 aliphatic carbocycles. The van der Waals surface area contributed by atoms with Gasteiger partial charge in [-0.1, -0.05) is 13.8 Å². The normalized spacial score (nSPS) is 18.4. The fourth-order valence-electron chi connectivity index (χ4n) is 2.36. The predicted molar refractivity (Wildman–Crippen MR) is 89.0 cm³/mol. The molecule has 1 aromatic rings. The smallest absolute Gasteiger partial charge is 0.135 e. The van der Waals surface area contributed by atoms with Crippen molar-refractivity contribution in [3.05, 3.63) is 11.9 Å². The van der Waals surface area contributed by atoms with E-state index in [9.17, 15) is 0 Å². The lowest BCUT2D eigenvalue weighted by atomic mass is 10.1. The van der Waals surface area contributed by atoms with E-state index in [-0.39, 0.29) is 0 Å². The second-order valence-corrected chi connectivity index (χ2v) is 7.99. The molecule has 4 nitrogen and oxygen atoms in total. The Bertz CT molecular complexity index is 459. The quantitative estimate of drug-likeness (QED) is 0.922. The molecule has 1 saturated heterocycles. The Morgan fingerprint density at radius 3 is 2.75 bits per heavy atom. The maximum absolute atomic E-state index is 4.77. The minimum atomic E-state index is 0.291. The van der Waals surface area contributed by atoms with Gasteiger partial charge in [-0.05, 0) is 20.8 Å². The van der Waals surface area contributed by atoms with Gasteiger partial charge in [-0.15, -0.1) is 0 Å². The van der Waals surface area contributed by atoms with Crippen LogP contribution in [0.3, 0.4) is 0 Å². The Hall–Kier alpha value is -0.970. The summed E-state index contributed by atoms with van der Waals surface area (Å²) in [5.74, 6) is 4.43. The number of nitrogens with zero attached hydrogens (tertiary/aromatic N) is 3. The van der Waals surface area contributed by atoms with Gasteiger partial charge in [-0.2, -0.15) is 11.8 Å². The lowest BCUT2D eigenvalue weighted by molar-refractivity contribution is 0.637. The van der Waals surface area contributed by atoms with E-state index in [0.29, 0.717) is 10.7 Å². The van der Waals surface area contributed by atoms with E-state index in [1.807, 2.05) is 11.8 Å². The van der Waals surface area contributed by atoms with Gasteiger partial charge in [0, 0.05) is 42.1 Å². The summed E-state index contributed by atoms with van der Waals surface area (Å²) in [6.07, 6.45) is 0. The molecule has 0 unspecified atom stereocenters. The third-order valence-corrected chi connectivity index (χ3v) is 4.65. The molecule has 2 rings (SSSR count). The van der Waals surface area contributed by atoms with Gasteiger partial charge in [0.2, 0.25) is 0 Å². The summed E-state index contributed by atoms with van der Waals surface area (Å²) >= 11 is 2.04. The number of anilines is 2. The van der Waals surface area contributed by atoms with Crippen molar-refractivity contribution < 1.29 is 0 Å². The predicted octanol–water partition coefficient (Wildman–Crippen LogP) is 3.36. The summed E-state index contributed by atoms with van der Waals surface area (Å²) in [4.78, 5) is 11.8. The van der Waals surface area contributed by atoms with Gasteiger partial charge in [0.1, 0.15) is 17.5 Å². The van der Waals surface area contributed by atoms with E-state index >= 15 is 0 Å². The monoisotopic (exact) mass is 294 g/mol. The van der Waals surface area contributed by atoms with Gasteiger partial charge in [0.15, 0.2) is 0 Å². The molecule has 1 aliphatic rings. The Balaban J connectivity index is 2.29. The summed E-state index contributed by atoms with van der Waals surface area (Å²) in [7, 11) is 0. The van der Waals surface area contributed by atoms with Crippen LogP contribution in [0, 0.1) is 0 Å². The van der Waals surface area contributed by atoms with E-state index in [2.05, 4.69) is 55.9 Å². The van der Waals surface area contributed by atoms with Crippen LogP contribution in [0.4, 0.5) is 11.6 Å². The van der Waals surface area contributed by atoms with Crippen molar-refractivity contribution in [1.29, 1.82) is 0 Å². The molecule has 5 heteroatoms. The van der Waals surface area contributed by atoms with Crippen molar-refractivity contribution in [3.63, 3.8) is 0 Å². The van der Waals surface area contributed by atoms with E-state index in [1.54, 1.807) is 0 Å². The van der Waals surface area contributed by atoms with Gasteiger partial charge < -0.3 is 10.2 Å². The molecule has 112 valence electrons. The maximum Gasteiger partial charge on any atom is 0.135 e. The number of hydrogen-bond donors (Lipinski definition) is 1. The van der Waals surface area contributed by atoms with E-state index in [4.69, 9.17) is 4.98 Å². The first-order chi connectivity index (χ1) is 9.41. The van der Waals surface area contributed by atoms with Crippen LogP contribution in [0.25, 0.3) is 0 Å². The van der Waals surface area contributed by atoms with Crippen molar-refractivity contribution in [2.24, 2.45) is 0 Å². The molecule has 20 heavy (non-hydrogen) atoms. The van der Waals surface area contributed by atoms with E-state index < -0.39 is 0 Å². The molecule has 1 N–H and O–H groups in total. The molecule has 1 fully saturated rings. The number of nitrogens with one attached hydrogen (secondary N) is 1. The molecule has 0 radical (unpaired) electrons. The zero-order valence-electron chi connectivity index (χ0n) is 13.2. The van der Waals surface area contributed by atoms with Gasteiger partial charge in [0.05, 0.1) is 0 Å². The lowest BCUT2D eigenvalue weighted by Crippen LogP contribution is -2.43. The Morgan fingerprint density at radius 2 is 2.15 bits per heavy atom. The minimum Gasteiger partial charge on any atom is -0.370 e. The van der Waals surface area contributed by atoms with Crippen molar-refractivity contribution in [2.75, 3.05) is 35.6 Å². The summed E-state index contributed by atoms with van der Waals surface area (Å²) in [5.41, 5.74) is 0. The second-order valence-electron chi connectivity index (χ2n) is 6.18. The highest BCUT2D eigenvalue weighted by molar-refractivity contribution is 8.00. The number of rotatable bonds is 4. The first-order valence-electron chi connectivity index (χ1n) is 7.43. The summed E-state index contributed by atoms with van der Waals surface area (Å²) in [6, 6.07) is 2.08. The zero-order chi connectivity index (χ0) is 14.8. The maximum atomic E-state index is 4.77. The van der Waals surface area contributed by atoms with Crippen LogP contribution in [0.2, 0.25) is 0 Å². The summed E-state index contributed by atoms with van der Waals surface area (Å²) < 4.78 is 0.291. The number of thioether (sulfide) groups is 1. The Labute approximate surface area is 126 Å². The molecule has 0 amide bonds. The van der Waals surface area contributed by atoms with Crippen molar-refractivity contribution >= 4 is 23.4 Å². The molecule has 0 saturated carbocycles. The van der Waals surface area contributed by atoms with Crippen LogP contribution < -0.4 is 10.2 Å². The van der Waals surface area contributed by atoms with E-state index in [0.717, 1.165) is 42.8 Å². The largest absolute Gasteiger partial charge is 0.370 e. The standard InChI is InChI=1S/C15H26N4S/c1-6-16-12-9-13(18-14(17-12)11(2)3)19-7-8-20-15(4,5)10-19/h9,11H,6-8,10H2,1-5H3,(H,16,17,18). The average molecular weight is 294 g/mol. The summed E-state index contributed by atoms with van der Waals surface area (Å²) in [5, 5.41) is 3.32. The van der Waals surface area contributed by atoms with Crippen LogP contribution in [0.1, 0.15) is 46.4 Å². The Kier molecular flexibility index (Phi) is 4.78. The molecule has 0 spiro atoms. The Morgan fingerprint density at radius 1 is 1.40 bits per heavy atom. The van der Waals surface area contributed by atoms with Crippen LogP contribution >= 0.6 is 11.8 Å². The van der Waals surface area contributed by atoms with Gasteiger partial charge >= 0.3 is 0 Å². The van der Waals surface area contributed by atoms with Crippen molar-refractivity contribution in [1.82, 2.24) is 9.97 Å². The van der Waals surface area contributed by atoms with Crippen LogP contribution in [-0.2, 0) is 0 Å². The molecule has 0 aromatic carbocycles. The highest BCUT2D eigenvalue weighted by Gasteiger charge is 2.28. The summed E-state index contributed by atoms with van der Waals surface area (Å²) in [6.45, 7) is 14.0. The van der Waals surface area contributed by atoms with Crippen molar-refractivity contribution in [3.8, 4) is 0 Å². The third-order valence-electron chi connectivity index (χ3n) is 3.35. The molecular formula is C15H26N4S. The zero-order valence-corrected chi connectivity index (χ0v) is 14.0. The second kappa shape index (κ2) is 6.20. The number of hydrogen-bond acceptors (Lipinski definition) is 5. The third kappa shape index (κ3) is 3.78. The fourth-order valence-corrected chi connectivity index (χ4v) is 3.47. The molecule has 2 heterocycles. The van der Waals surface area contributed by atoms with Crippen LogP contribution in [0.5, 0.6) is 0 Å². The van der Waals surface area contributed by atoms with Gasteiger partial charge in [0.25, 0.3) is 0 Å². The van der Waals surface area contributed by atoms with Crippen LogP contribution in [-0.4, -0.2) is 40.1 Å². The van der Waals surface area contributed by atoms with Gasteiger partial charge in [-0.25, -0.2) is 9.97 Å². The molecule has 1 aromatic heterocycles. The van der Waals surface area contributed by atoms with Gasteiger partial charge in [-0.3, -0.25) is 0 Å². The molecular weight excluding hydrogens is 268 g/mol. The average Bonchev–Trinajstić information content (AvgIpc) is 2.37. The van der Waals surface area contributed by atoms with Crippen LogP contribution in [0.15, 0.2) is 6.07 Å². The SMILES string of the molecule is CCNc1cc(N2CCSC(C)(C)C2)nc(C(C)C)n1. The topological polar surface area (TPSA) is 41.0 Å². The first-order valence-corrected chi connectivity index (χ1v) is 8.41. The molecule has 1 aliphatic heterocycles. The first kappa shape index (κ1) is 15.4. The minimum absolute atomic E-state index is 0.291. The van der Waals surface area contributed by atoms with Crippen molar-refractivity contribution in [2.45, 2.75) is 45.3 Å². The molecule has 0 atom stereocenters. The fraction of sp³-hybridized carbons (Fsp3) is 0.733. The highest BCUT2D eigenvalue weighted by Crippen LogP contribution is 2.32. The molecule has 0 bridgehead atoms. The van der Waals surface area contributed by atoms with E-state index in [1.165, 1.54) is 0 Å².